The molecule has 1 aliphatic carbocycles. The van der Waals surface area contributed by atoms with Gasteiger partial charge in [-0.1, -0.05) is 12.1 Å². The van der Waals surface area contributed by atoms with Gasteiger partial charge in [0, 0.05) is 36.9 Å². The van der Waals surface area contributed by atoms with Crippen molar-refractivity contribution in [3.8, 4) is 0 Å². The summed E-state index contributed by atoms with van der Waals surface area (Å²) in [6.45, 7) is -0.491. The maximum atomic E-state index is 14.8. The number of rotatable bonds is 4. The number of nitrogens with two attached hydrogens (primary N) is 2. The first kappa shape index (κ1) is 25.4. The summed E-state index contributed by atoms with van der Waals surface area (Å²) in [7, 11) is 0. The van der Waals surface area contributed by atoms with E-state index >= 15 is 0 Å². The standard InChI is InChI=1S/C24H28F2N8O5/c25-22(26)8-2-4-11-3-1-5-12(17(11)22)19(37)30-14-10-34-21(28)29-13(9-33-15(35)6-7-16(33)36)18-23(34,24(14,38)39)32-20(27)31-18/h1,3,5,13-14,18,38-39H,2,4,6-10H2,(H2,28,29)(H,30,37)(H3,27,31,32)/t13-,14?,18?,23?/m0/s1. The number of alkyl halides is 2. The number of amides is 3. The smallest absolute Gasteiger partial charge is 0.274 e. The van der Waals surface area contributed by atoms with Crippen molar-refractivity contribution >= 4 is 29.6 Å². The Morgan fingerprint density at radius 2 is 1.87 bits per heavy atom. The molecule has 4 heterocycles. The number of fused-ring (bicyclic) bond motifs is 1. The molecule has 208 valence electrons. The van der Waals surface area contributed by atoms with Crippen molar-refractivity contribution in [3.05, 3.63) is 34.9 Å². The lowest BCUT2D eigenvalue weighted by molar-refractivity contribution is -0.230. The lowest BCUT2D eigenvalue weighted by atomic mass is 9.84. The van der Waals surface area contributed by atoms with E-state index in [-0.39, 0.29) is 55.4 Å². The monoisotopic (exact) mass is 546 g/mol. The van der Waals surface area contributed by atoms with Gasteiger partial charge in [-0.25, -0.2) is 18.8 Å². The van der Waals surface area contributed by atoms with Crippen LogP contribution in [0.4, 0.5) is 8.78 Å². The predicted molar refractivity (Wildman–Crippen MR) is 131 cm³/mol. The molecule has 8 N–H and O–H groups in total. The molecule has 1 spiro atoms. The van der Waals surface area contributed by atoms with Crippen LogP contribution in [0.25, 0.3) is 0 Å². The number of imide groups is 1. The molecule has 5 aliphatic rings. The summed E-state index contributed by atoms with van der Waals surface area (Å²) in [4.78, 5) is 48.8. The Hall–Kier alpha value is -3.85. The van der Waals surface area contributed by atoms with Crippen LogP contribution in [0.3, 0.4) is 0 Å². The van der Waals surface area contributed by atoms with Gasteiger partial charge in [-0.2, -0.15) is 0 Å². The summed E-state index contributed by atoms with van der Waals surface area (Å²) >= 11 is 0. The Bertz CT molecular complexity index is 1330. The van der Waals surface area contributed by atoms with Crippen molar-refractivity contribution in [2.24, 2.45) is 21.5 Å². The maximum absolute atomic E-state index is 14.8. The van der Waals surface area contributed by atoms with Crippen LogP contribution in [-0.2, 0) is 21.9 Å². The molecule has 4 atom stereocenters. The molecule has 1 aromatic rings. The highest BCUT2D eigenvalue weighted by molar-refractivity contribution is 6.02. The highest BCUT2D eigenvalue weighted by Gasteiger charge is 2.73. The van der Waals surface area contributed by atoms with Crippen LogP contribution in [0.15, 0.2) is 28.2 Å². The zero-order valence-electron chi connectivity index (χ0n) is 20.7. The number of likely N-dealkylation sites (tertiary alicyclic amines) is 1. The Labute approximate surface area is 220 Å². The molecule has 1 aromatic carbocycles. The second kappa shape index (κ2) is 8.32. The maximum Gasteiger partial charge on any atom is 0.274 e. The van der Waals surface area contributed by atoms with E-state index in [9.17, 15) is 33.4 Å². The van der Waals surface area contributed by atoms with Gasteiger partial charge in [-0.05, 0) is 24.5 Å². The zero-order chi connectivity index (χ0) is 27.9. The summed E-state index contributed by atoms with van der Waals surface area (Å²) in [5.74, 6) is -8.05. The number of nitrogens with one attached hydrogen (secondary N) is 2. The Balaban J connectivity index is 1.33. The molecular formula is C24H28F2N8O5. The lowest BCUT2D eigenvalue weighted by Crippen LogP contribution is -2.78. The second-order valence-corrected chi connectivity index (χ2v) is 10.6. The van der Waals surface area contributed by atoms with Crippen LogP contribution in [0, 0.1) is 0 Å². The minimum atomic E-state index is -3.21. The number of aliphatic hydroxyl groups is 2. The minimum absolute atomic E-state index is 0.0522. The summed E-state index contributed by atoms with van der Waals surface area (Å²) in [6, 6.07) is 0.785. The number of guanidine groups is 2. The summed E-state index contributed by atoms with van der Waals surface area (Å²) in [5, 5.41) is 28.4. The molecule has 0 radical (unpaired) electrons. The van der Waals surface area contributed by atoms with E-state index in [0.29, 0.717) is 12.0 Å². The fourth-order valence-corrected chi connectivity index (χ4v) is 6.54. The molecular weight excluding hydrogens is 518 g/mol. The molecule has 0 saturated carbocycles. The van der Waals surface area contributed by atoms with Gasteiger partial charge in [0.1, 0.15) is 12.1 Å². The third-order valence-corrected chi connectivity index (χ3v) is 8.33. The predicted octanol–water partition coefficient (Wildman–Crippen LogP) is -1.96. The highest BCUT2D eigenvalue weighted by atomic mass is 19.3. The number of hydrogen-bond acceptors (Lipinski definition) is 11. The van der Waals surface area contributed by atoms with Gasteiger partial charge in [-0.15, -0.1) is 0 Å². The SMILES string of the molecule is NC1=NC2[C@H](CN3C(=O)CCC3=O)N=C(N)N3CC(NC(=O)c4cccc5c4C(F)(F)CCC5)C(O)(O)C23N1. The van der Waals surface area contributed by atoms with Gasteiger partial charge in [0.2, 0.25) is 17.6 Å². The summed E-state index contributed by atoms with van der Waals surface area (Å²) < 4.78 is 29.7. The molecule has 39 heavy (non-hydrogen) atoms. The third-order valence-electron chi connectivity index (χ3n) is 8.33. The van der Waals surface area contributed by atoms with Crippen LogP contribution >= 0.6 is 0 Å². The Morgan fingerprint density at radius 1 is 1.15 bits per heavy atom. The average Bonchev–Trinajstić information content (AvgIpc) is 3.46. The lowest BCUT2D eigenvalue weighted by Gasteiger charge is -2.49. The molecule has 0 bridgehead atoms. The van der Waals surface area contributed by atoms with Crippen LogP contribution in [0.5, 0.6) is 0 Å². The number of carbonyl (C=O) groups excluding carboxylic acids is 3. The van der Waals surface area contributed by atoms with Gasteiger partial charge in [0.05, 0.1) is 12.6 Å². The highest BCUT2D eigenvalue weighted by Crippen LogP contribution is 2.46. The first-order chi connectivity index (χ1) is 18.4. The van der Waals surface area contributed by atoms with Gasteiger partial charge in [0.25, 0.3) is 11.8 Å². The fraction of sp³-hybridized carbons (Fsp3) is 0.542. The molecule has 2 saturated heterocycles. The fourth-order valence-electron chi connectivity index (χ4n) is 6.54. The average molecular weight is 547 g/mol. The number of halogens is 2. The van der Waals surface area contributed by atoms with Crippen LogP contribution in [0.1, 0.15) is 47.2 Å². The Kier molecular flexibility index (Phi) is 5.43. The van der Waals surface area contributed by atoms with E-state index in [1.807, 2.05) is 0 Å². The largest absolute Gasteiger partial charge is 0.370 e. The molecule has 13 nitrogen and oxygen atoms in total. The second-order valence-electron chi connectivity index (χ2n) is 10.6. The molecule has 4 aliphatic heterocycles. The number of aryl methyl sites for hydroxylation is 1. The first-order valence-corrected chi connectivity index (χ1v) is 12.7. The summed E-state index contributed by atoms with van der Waals surface area (Å²) in [5.41, 5.74) is 10.0. The number of aliphatic imine (C=N–C) groups is 2. The number of hydrogen-bond donors (Lipinski definition) is 6. The minimum Gasteiger partial charge on any atom is -0.370 e. The van der Waals surface area contributed by atoms with Crippen LogP contribution in [-0.4, -0.2) is 92.3 Å². The van der Waals surface area contributed by atoms with E-state index < -0.39 is 59.6 Å². The molecule has 0 aromatic heterocycles. The first-order valence-electron chi connectivity index (χ1n) is 12.7. The van der Waals surface area contributed by atoms with Crippen molar-refractivity contribution in [2.45, 2.75) is 67.6 Å². The van der Waals surface area contributed by atoms with E-state index in [1.165, 1.54) is 17.0 Å². The quantitative estimate of drug-likeness (QED) is 0.183. The van der Waals surface area contributed by atoms with Gasteiger partial charge < -0.3 is 37.2 Å². The number of benzene rings is 1. The molecule has 3 amide bonds. The normalized spacial score (nSPS) is 32.2. The van der Waals surface area contributed by atoms with Gasteiger partial charge in [-0.3, -0.25) is 19.3 Å². The van der Waals surface area contributed by atoms with Gasteiger partial charge >= 0.3 is 0 Å². The van der Waals surface area contributed by atoms with Crippen molar-refractivity contribution in [2.75, 3.05) is 13.1 Å². The van der Waals surface area contributed by atoms with Crippen molar-refractivity contribution < 1.29 is 33.4 Å². The molecule has 15 heteroatoms. The molecule has 2 fully saturated rings. The van der Waals surface area contributed by atoms with E-state index in [1.54, 1.807) is 6.07 Å². The Morgan fingerprint density at radius 3 is 2.59 bits per heavy atom. The topological polar surface area (TPSA) is 199 Å². The van der Waals surface area contributed by atoms with Crippen molar-refractivity contribution in [1.82, 2.24) is 20.4 Å². The van der Waals surface area contributed by atoms with Crippen LogP contribution in [0.2, 0.25) is 0 Å². The van der Waals surface area contributed by atoms with Crippen molar-refractivity contribution in [3.63, 3.8) is 0 Å². The number of nitrogens with zero attached hydrogens (tertiary/aromatic N) is 4. The van der Waals surface area contributed by atoms with Crippen molar-refractivity contribution in [1.29, 1.82) is 0 Å². The van der Waals surface area contributed by atoms with E-state index in [0.717, 1.165) is 4.90 Å². The third kappa shape index (κ3) is 3.52. The zero-order valence-corrected chi connectivity index (χ0v) is 20.7. The van der Waals surface area contributed by atoms with E-state index in [4.69, 9.17) is 11.5 Å². The van der Waals surface area contributed by atoms with Crippen LogP contribution < -0.4 is 22.1 Å². The molecule has 3 unspecified atom stereocenters. The summed E-state index contributed by atoms with van der Waals surface area (Å²) in [6.07, 6.45) is 0.389. The van der Waals surface area contributed by atoms with Gasteiger partial charge in [0.15, 0.2) is 17.6 Å². The van der Waals surface area contributed by atoms with E-state index in [2.05, 4.69) is 20.6 Å². The number of carbonyl (C=O) groups is 3. The molecule has 6 rings (SSSR count).